The van der Waals surface area contributed by atoms with Crippen molar-refractivity contribution in [2.45, 2.75) is 38.1 Å². The van der Waals surface area contributed by atoms with Crippen molar-refractivity contribution in [1.29, 1.82) is 0 Å². The van der Waals surface area contributed by atoms with Crippen molar-refractivity contribution >= 4 is 22.6 Å². The van der Waals surface area contributed by atoms with Crippen LogP contribution in [-0.2, 0) is 16.0 Å². The van der Waals surface area contributed by atoms with Crippen LogP contribution in [0.15, 0.2) is 103 Å². The lowest BCUT2D eigenvalue weighted by Crippen LogP contribution is -2.46. The third kappa shape index (κ3) is 6.60. The number of benzene rings is 4. The number of piperidine rings is 1. The van der Waals surface area contributed by atoms with Crippen LogP contribution in [0.1, 0.15) is 48.4 Å². The molecule has 40 heavy (non-hydrogen) atoms. The SMILES string of the molecule is CC(NCC1CCN(C(=O)CC(Cc2ccccc2)C(=O)O)CC1c1ccccc1)c1cccc2ccccc12. The molecule has 1 aliphatic heterocycles. The molecule has 1 heterocycles. The first-order valence-corrected chi connectivity index (χ1v) is 14.3. The zero-order valence-electron chi connectivity index (χ0n) is 23.1. The molecule has 0 bridgehead atoms. The fraction of sp³-hybridized carbons (Fsp3) is 0.314. The average Bonchev–Trinajstić information content (AvgIpc) is 3.00. The average molecular weight is 535 g/mol. The first kappa shape index (κ1) is 27.6. The maximum atomic E-state index is 13.4. The van der Waals surface area contributed by atoms with E-state index in [0.717, 1.165) is 18.5 Å². The standard InChI is InChI=1S/C35H38N2O3/c1-25(31-18-10-16-27-15-8-9-17-32(27)31)36-23-29-19-20-37(24-33(29)28-13-6-3-7-14-28)34(38)22-30(35(39)40)21-26-11-4-2-5-12-26/h2-18,25,29-30,33,36H,19-24H2,1H3,(H,39,40). The van der Waals surface area contributed by atoms with Gasteiger partial charge in [-0.1, -0.05) is 103 Å². The molecule has 5 heteroatoms. The molecule has 5 nitrogen and oxygen atoms in total. The van der Waals surface area contributed by atoms with E-state index < -0.39 is 11.9 Å². The van der Waals surface area contributed by atoms with Gasteiger partial charge in [-0.2, -0.15) is 0 Å². The van der Waals surface area contributed by atoms with Gasteiger partial charge in [0.15, 0.2) is 0 Å². The van der Waals surface area contributed by atoms with Gasteiger partial charge < -0.3 is 15.3 Å². The minimum absolute atomic E-state index is 0.0206. The third-order valence-electron chi connectivity index (χ3n) is 8.41. The van der Waals surface area contributed by atoms with Gasteiger partial charge in [0, 0.05) is 31.5 Å². The number of nitrogens with one attached hydrogen (secondary N) is 1. The van der Waals surface area contributed by atoms with Crippen molar-refractivity contribution < 1.29 is 14.7 Å². The summed E-state index contributed by atoms with van der Waals surface area (Å²) in [4.78, 5) is 27.3. The summed E-state index contributed by atoms with van der Waals surface area (Å²) in [5, 5.41) is 16.2. The smallest absolute Gasteiger partial charge is 0.307 e. The zero-order chi connectivity index (χ0) is 27.9. The number of rotatable bonds is 10. The number of fused-ring (bicyclic) bond motifs is 1. The van der Waals surface area contributed by atoms with E-state index in [1.165, 1.54) is 21.9 Å². The summed E-state index contributed by atoms with van der Waals surface area (Å²) < 4.78 is 0. The van der Waals surface area contributed by atoms with E-state index in [9.17, 15) is 14.7 Å². The Morgan fingerprint density at radius 3 is 2.33 bits per heavy atom. The molecule has 5 rings (SSSR count). The Morgan fingerprint density at radius 1 is 0.900 bits per heavy atom. The Labute approximate surface area is 236 Å². The maximum Gasteiger partial charge on any atom is 0.307 e. The molecule has 1 saturated heterocycles. The van der Waals surface area contributed by atoms with Gasteiger partial charge in [-0.05, 0) is 59.7 Å². The van der Waals surface area contributed by atoms with E-state index >= 15 is 0 Å². The molecule has 2 N–H and O–H groups in total. The van der Waals surface area contributed by atoms with E-state index in [-0.39, 0.29) is 24.3 Å². The zero-order valence-corrected chi connectivity index (χ0v) is 23.1. The van der Waals surface area contributed by atoms with Gasteiger partial charge in [0.05, 0.1) is 5.92 Å². The van der Waals surface area contributed by atoms with Crippen LogP contribution < -0.4 is 5.32 Å². The fourth-order valence-electron chi connectivity index (χ4n) is 6.10. The summed E-state index contributed by atoms with van der Waals surface area (Å²) in [6, 6.07) is 35.1. The number of carboxylic acid groups (broad SMARTS) is 1. The van der Waals surface area contributed by atoms with Crippen molar-refractivity contribution in [3.8, 4) is 0 Å². The lowest BCUT2D eigenvalue weighted by Gasteiger charge is -2.40. The molecule has 0 aliphatic carbocycles. The quantitative estimate of drug-likeness (QED) is 0.245. The maximum absolute atomic E-state index is 13.4. The monoisotopic (exact) mass is 534 g/mol. The second kappa shape index (κ2) is 12.9. The van der Waals surface area contributed by atoms with Crippen LogP contribution in [0.25, 0.3) is 10.8 Å². The summed E-state index contributed by atoms with van der Waals surface area (Å²) in [5.41, 5.74) is 3.46. The fourth-order valence-corrected chi connectivity index (χ4v) is 6.10. The molecule has 0 saturated carbocycles. The number of aliphatic carboxylic acids is 1. The third-order valence-corrected chi connectivity index (χ3v) is 8.41. The second-order valence-corrected chi connectivity index (χ2v) is 11.0. The topological polar surface area (TPSA) is 69.6 Å². The van der Waals surface area contributed by atoms with Gasteiger partial charge in [0.25, 0.3) is 0 Å². The van der Waals surface area contributed by atoms with E-state index in [0.29, 0.717) is 25.4 Å². The molecule has 4 unspecified atom stereocenters. The number of nitrogens with zero attached hydrogens (tertiary/aromatic N) is 1. The molecule has 1 fully saturated rings. The number of carboxylic acids is 1. The Morgan fingerprint density at radius 2 is 1.57 bits per heavy atom. The van der Waals surface area contributed by atoms with Crippen molar-refractivity contribution in [3.05, 3.63) is 120 Å². The Balaban J connectivity index is 1.27. The summed E-state index contributed by atoms with van der Waals surface area (Å²) in [7, 11) is 0. The number of hydrogen-bond donors (Lipinski definition) is 2. The van der Waals surface area contributed by atoms with Crippen LogP contribution in [0.3, 0.4) is 0 Å². The molecule has 0 radical (unpaired) electrons. The van der Waals surface area contributed by atoms with E-state index in [2.05, 4.69) is 79.0 Å². The number of hydrogen-bond acceptors (Lipinski definition) is 3. The summed E-state index contributed by atoms with van der Waals surface area (Å²) in [5.74, 6) is -1.17. The molecule has 4 atom stereocenters. The van der Waals surface area contributed by atoms with E-state index in [1.54, 1.807) is 0 Å². The van der Waals surface area contributed by atoms with Gasteiger partial charge >= 0.3 is 5.97 Å². The van der Waals surface area contributed by atoms with Crippen molar-refractivity contribution in [2.24, 2.45) is 11.8 Å². The first-order chi connectivity index (χ1) is 19.5. The van der Waals surface area contributed by atoms with Crippen molar-refractivity contribution in [1.82, 2.24) is 10.2 Å². The molecule has 1 aliphatic rings. The van der Waals surface area contributed by atoms with Crippen molar-refractivity contribution in [3.63, 3.8) is 0 Å². The Bertz CT molecular complexity index is 1420. The van der Waals surface area contributed by atoms with Gasteiger partial charge in [0.1, 0.15) is 0 Å². The lowest BCUT2D eigenvalue weighted by atomic mass is 9.80. The van der Waals surface area contributed by atoms with Crippen LogP contribution in [0.2, 0.25) is 0 Å². The molecular formula is C35H38N2O3. The Hall–Kier alpha value is -3.96. The molecule has 4 aromatic rings. The summed E-state index contributed by atoms with van der Waals surface area (Å²) >= 11 is 0. The molecule has 0 spiro atoms. The lowest BCUT2D eigenvalue weighted by molar-refractivity contribution is -0.146. The molecule has 1 amide bonds. The molecule has 206 valence electrons. The number of carbonyl (C=O) groups excluding carboxylic acids is 1. The van der Waals surface area contributed by atoms with Crippen LogP contribution in [-0.4, -0.2) is 41.5 Å². The van der Waals surface area contributed by atoms with E-state index in [4.69, 9.17) is 0 Å². The number of amides is 1. The highest BCUT2D eigenvalue weighted by Crippen LogP contribution is 2.34. The Kier molecular flexibility index (Phi) is 8.92. The van der Waals surface area contributed by atoms with Crippen LogP contribution in [0.4, 0.5) is 0 Å². The normalized spacial score (nSPS) is 18.8. The predicted octanol–water partition coefficient (Wildman–Crippen LogP) is 6.46. The van der Waals surface area contributed by atoms with Crippen LogP contribution in [0.5, 0.6) is 0 Å². The number of likely N-dealkylation sites (tertiary alicyclic amines) is 1. The minimum Gasteiger partial charge on any atom is -0.481 e. The number of carbonyl (C=O) groups is 2. The predicted molar refractivity (Wildman–Crippen MR) is 160 cm³/mol. The summed E-state index contributed by atoms with van der Waals surface area (Å²) in [6.07, 6.45) is 1.25. The second-order valence-electron chi connectivity index (χ2n) is 11.0. The molecular weight excluding hydrogens is 496 g/mol. The molecule has 0 aromatic heterocycles. The largest absolute Gasteiger partial charge is 0.481 e. The van der Waals surface area contributed by atoms with Crippen molar-refractivity contribution in [2.75, 3.05) is 19.6 Å². The van der Waals surface area contributed by atoms with Gasteiger partial charge in [0.2, 0.25) is 5.91 Å². The minimum atomic E-state index is -0.918. The molecule has 4 aromatic carbocycles. The highest BCUT2D eigenvalue weighted by molar-refractivity contribution is 5.86. The van der Waals surface area contributed by atoms with Crippen LogP contribution >= 0.6 is 0 Å². The highest BCUT2D eigenvalue weighted by atomic mass is 16.4. The van der Waals surface area contributed by atoms with Gasteiger partial charge in [-0.3, -0.25) is 9.59 Å². The highest BCUT2D eigenvalue weighted by Gasteiger charge is 2.34. The van der Waals surface area contributed by atoms with Gasteiger partial charge in [-0.15, -0.1) is 0 Å². The van der Waals surface area contributed by atoms with Gasteiger partial charge in [-0.25, -0.2) is 0 Å². The van der Waals surface area contributed by atoms with E-state index in [1.807, 2.05) is 41.3 Å². The summed E-state index contributed by atoms with van der Waals surface area (Å²) in [6.45, 7) is 4.32. The first-order valence-electron chi connectivity index (χ1n) is 14.3. The van der Waals surface area contributed by atoms with Crippen LogP contribution in [0, 0.1) is 11.8 Å².